The minimum absolute atomic E-state index is 0.0279. The number of fused-ring (bicyclic) bond motifs is 1. The number of ether oxygens (including phenoxy) is 2. The molecule has 0 radical (unpaired) electrons. The quantitative estimate of drug-likeness (QED) is 0.647. The SMILES string of the molecule is COc1ccc2c(c1)c(CC(=O)NC1CCCOC1)c(C)n2C(=O)c1ccc(Cl)cc1. The molecular formula is C24H25ClN2O4. The van der Waals surface area contributed by atoms with E-state index in [-0.39, 0.29) is 24.3 Å². The third kappa shape index (κ3) is 4.45. The summed E-state index contributed by atoms with van der Waals surface area (Å²) in [6.45, 7) is 3.15. The molecule has 7 heteroatoms. The summed E-state index contributed by atoms with van der Waals surface area (Å²) in [7, 11) is 1.60. The maximum Gasteiger partial charge on any atom is 0.262 e. The third-order valence-corrected chi connectivity index (χ3v) is 5.95. The molecule has 1 aliphatic heterocycles. The van der Waals surface area contributed by atoms with Crippen molar-refractivity contribution >= 4 is 34.3 Å². The molecule has 6 nitrogen and oxygen atoms in total. The Morgan fingerprint density at radius 1 is 1.23 bits per heavy atom. The van der Waals surface area contributed by atoms with Gasteiger partial charge in [0.2, 0.25) is 5.91 Å². The van der Waals surface area contributed by atoms with E-state index < -0.39 is 0 Å². The number of benzene rings is 2. The molecule has 1 atom stereocenters. The summed E-state index contributed by atoms with van der Waals surface area (Å²) < 4.78 is 12.5. The van der Waals surface area contributed by atoms with Crippen molar-refractivity contribution in [3.05, 3.63) is 64.3 Å². The molecule has 0 saturated carbocycles. The number of nitrogens with zero attached hydrogens (tertiary/aromatic N) is 1. The largest absolute Gasteiger partial charge is 0.497 e. The molecular weight excluding hydrogens is 416 g/mol. The van der Waals surface area contributed by atoms with Crippen molar-refractivity contribution in [1.82, 2.24) is 9.88 Å². The summed E-state index contributed by atoms with van der Waals surface area (Å²) in [4.78, 5) is 26.1. The highest BCUT2D eigenvalue weighted by Gasteiger charge is 2.23. The second kappa shape index (κ2) is 9.12. The molecule has 2 heterocycles. The van der Waals surface area contributed by atoms with Crippen LogP contribution in [-0.4, -0.2) is 42.7 Å². The van der Waals surface area contributed by atoms with E-state index in [4.69, 9.17) is 21.1 Å². The van der Waals surface area contributed by atoms with Crippen LogP contribution in [0, 0.1) is 6.92 Å². The monoisotopic (exact) mass is 440 g/mol. The van der Waals surface area contributed by atoms with E-state index in [2.05, 4.69) is 5.32 Å². The molecule has 1 aliphatic rings. The number of carbonyl (C=O) groups is 2. The Labute approximate surface area is 186 Å². The minimum atomic E-state index is -0.170. The first-order valence-corrected chi connectivity index (χ1v) is 10.7. The van der Waals surface area contributed by atoms with Gasteiger partial charge in [0.05, 0.1) is 31.7 Å². The fourth-order valence-corrected chi connectivity index (χ4v) is 4.22. The molecule has 0 bridgehead atoms. The molecule has 4 rings (SSSR count). The highest BCUT2D eigenvalue weighted by atomic mass is 35.5. The van der Waals surface area contributed by atoms with Gasteiger partial charge in [-0.3, -0.25) is 14.2 Å². The zero-order valence-corrected chi connectivity index (χ0v) is 18.4. The van der Waals surface area contributed by atoms with E-state index in [0.717, 1.165) is 41.6 Å². The van der Waals surface area contributed by atoms with E-state index in [0.29, 0.717) is 22.9 Å². The zero-order valence-electron chi connectivity index (χ0n) is 17.6. The van der Waals surface area contributed by atoms with Crippen molar-refractivity contribution < 1.29 is 19.1 Å². The highest BCUT2D eigenvalue weighted by Crippen LogP contribution is 2.31. The molecule has 2 aromatic carbocycles. The molecule has 1 unspecified atom stereocenters. The van der Waals surface area contributed by atoms with E-state index >= 15 is 0 Å². The Morgan fingerprint density at radius 3 is 2.68 bits per heavy atom. The summed E-state index contributed by atoms with van der Waals surface area (Å²) >= 11 is 5.98. The van der Waals surface area contributed by atoms with Crippen molar-refractivity contribution in [3.63, 3.8) is 0 Å². The van der Waals surface area contributed by atoms with Gasteiger partial charge < -0.3 is 14.8 Å². The maximum atomic E-state index is 13.3. The van der Waals surface area contributed by atoms with E-state index in [1.807, 2.05) is 25.1 Å². The average molecular weight is 441 g/mol. The lowest BCUT2D eigenvalue weighted by Gasteiger charge is -2.23. The number of rotatable bonds is 5. The molecule has 1 amide bonds. The Kier molecular flexibility index (Phi) is 6.30. The normalized spacial score (nSPS) is 16.3. The van der Waals surface area contributed by atoms with Crippen LogP contribution in [0.2, 0.25) is 5.02 Å². The van der Waals surface area contributed by atoms with Crippen molar-refractivity contribution in [2.24, 2.45) is 0 Å². The Morgan fingerprint density at radius 2 is 2.00 bits per heavy atom. The smallest absolute Gasteiger partial charge is 0.262 e. The first-order chi connectivity index (χ1) is 15.0. The van der Waals surface area contributed by atoms with Crippen LogP contribution >= 0.6 is 11.6 Å². The van der Waals surface area contributed by atoms with Crippen LogP contribution in [0.25, 0.3) is 10.9 Å². The van der Waals surface area contributed by atoms with Gasteiger partial charge in [-0.25, -0.2) is 0 Å². The number of halogens is 1. The lowest BCUT2D eigenvalue weighted by atomic mass is 10.1. The van der Waals surface area contributed by atoms with Gasteiger partial charge in [-0.05, 0) is 67.8 Å². The highest BCUT2D eigenvalue weighted by molar-refractivity contribution is 6.30. The summed E-state index contributed by atoms with van der Waals surface area (Å²) in [5, 5.41) is 4.46. The van der Waals surface area contributed by atoms with Gasteiger partial charge in [0.1, 0.15) is 5.75 Å². The molecule has 31 heavy (non-hydrogen) atoms. The van der Waals surface area contributed by atoms with Crippen LogP contribution in [0.5, 0.6) is 5.75 Å². The number of hydrogen-bond acceptors (Lipinski definition) is 4. The van der Waals surface area contributed by atoms with Gasteiger partial charge in [-0.1, -0.05) is 11.6 Å². The van der Waals surface area contributed by atoms with Crippen LogP contribution < -0.4 is 10.1 Å². The summed E-state index contributed by atoms with van der Waals surface area (Å²) in [6.07, 6.45) is 2.03. The van der Waals surface area contributed by atoms with Gasteiger partial charge >= 0.3 is 0 Å². The predicted molar refractivity (Wildman–Crippen MR) is 120 cm³/mol. The van der Waals surface area contributed by atoms with Gasteiger partial charge in [-0.15, -0.1) is 0 Å². The molecule has 1 aromatic heterocycles. The van der Waals surface area contributed by atoms with E-state index in [1.54, 1.807) is 35.9 Å². The molecule has 3 aromatic rings. The molecule has 1 saturated heterocycles. The number of methoxy groups -OCH3 is 1. The maximum absolute atomic E-state index is 13.3. The first kappa shape index (κ1) is 21.4. The Balaban J connectivity index is 1.72. The number of nitrogens with one attached hydrogen (secondary N) is 1. The topological polar surface area (TPSA) is 69.6 Å². The number of aromatic nitrogens is 1. The second-order valence-corrected chi connectivity index (χ2v) is 8.19. The van der Waals surface area contributed by atoms with Crippen LogP contribution in [-0.2, 0) is 16.0 Å². The molecule has 1 fully saturated rings. The van der Waals surface area contributed by atoms with Crippen molar-refractivity contribution in [2.45, 2.75) is 32.2 Å². The third-order valence-electron chi connectivity index (χ3n) is 5.70. The average Bonchev–Trinajstić information content (AvgIpc) is 3.05. The van der Waals surface area contributed by atoms with Crippen molar-refractivity contribution in [1.29, 1.82) is 0 Å². The molecule has 0 aliphatic carbocycles. The molecule has 0 spiro atoms. The van der Waals surface area contributed by atoms with Gasteiger partial charge in [-0.2, -0.15) is 0 Å². The summed E-state index contributed by atoms with van der Waals surface area (Å²) in [6, 6.07) is 12.4. The lowest BCUT2D eigenvalue weighted by molar-refractivity contribution is -0.122. The van der Waals surface area contributed by atoms with Gasteiger partial charge in [0, 0.05) is 28.3 Å². The van der Waals surface area contributed by atoms with Crippen LogP contribution in [0.1, 0.15) is 34.5 Å². The zero-order chi connectivity index (χ0) is 22.0. The first-order valence-electron chi connectivity index (χ1n) is 10.3. The lowest BCUT2D eigenvalue weighted by Crippen LogP contribution is -2.41. The fourth-order valence-electron chi connectivity index (χ4n) is 4.09. The van der Waals surface area contributed by atoms with Gasteiger partial charge in [0.15, 0.2) is 0 Å². The summed E-state index contributed by atoms with van der Waals surface area (Å²) in [5.41, 5.74) is 2.81. The predicted octanol–water partition coefficient (Wildman–Crippen LogP) is 4.14. The Hall–Kier alpha value is -2.83. The number of amides is 1. The van der Waals surface area contributed by atoms with Crippen LogP contribution in [0.4, 0.5) is 0 Å². The van der Waals surface area contributed by atoms with Crippen LogP contribution in [0.3, 0.4) is 0 Å². The minimum Gasteiger partial charge on any atom is -0.497 e. The van der Waals surface area contributed by atoms with E-state index in [9.17, 15) is 9.59 Å². The Bertz CT molecular complexity index is 1110. The number of hydrogen-bond donors (Lipinski definition) is 1. The molecule has 162 valence electrons. The molecule has 1 N–H and O–H groups in total. The van der Waals surface area contributed by atoms with E-state index in [1.165, 1.54) is 0 Å². The standard InChI is InChI=1S/C24H25ClN2O4/c1-15-20(13-23(28)26-18-4-3-11-31-14-18)21-12-19(30-2)9-10-22(21)27(15)24(29)16-5-7-17(25)8-6-16/h5-10,12,18H,3-4,11,13-14H2,1-2H3,(H,26,28). The van der Waals surface area contributed by atoms with Gasteiger partial charge in [0.25, 0.3) is 5.91 Å². The number of carbonyl (C=O) groups excluding carboxylic acids is 2. The fraction of sp³-hybridized carbons (Fsp3) is 0.333. The van der Waals surface area contributed by atoms with Crippen molar-refractivity contribution in [3.8, 4) is 5.75 Å². The summed E-state index contributed by atoms with van der Waals surface area (Å²) in [5.74, 6) is 0.419. The van der Waals surface area contributed by atoms with Crippen molar-refractivity contribution in [2.75, 3.05) is 20.3 Å². The second-order valence-electron chi connectivity index (χ2n) is 7.75. The van der Waals surface area contributed by atoms with Crippen LogP contribution in [0.15, 0.2) is 42.5 Å².